The Morgan fingerprint density at radius 2 is 1.88 bits per heavy atom. The van der Waals surface area contributed by atoms with Crippen LogP contribution >= 0.6 is 0 Å². The lowest BCUT2D eigenvalue weighted by molar-refractivity contribution is -0.137. The zero-order valence-corrected chi connectivity index (χ0v) is 14.6. The molecule has 0 spiro atoms. The quantitative estimate of drug-likeness (QED) is 0.836. The summed E-state index contributed by atoms with van der Waals surface area (Å²) in [5.41, 5.74) is 5.79. The lowest BCUT2D eigenvalue weighted by atomic mass is 10.1. The maximum Gasteiger partial charge on any atom is 0.245 e. The molecule has 0 fully saturated rings. The van der Waals surface area contributed by atoms with Crippen LogP contribution in [0, 0.1) is 0 Å². The molecule has 0 bridgehead atoms. The van der Waals surface area contributed by atoms with E-state index in [0.717, 1.165) is 22.6 Å². The zero-order valence-electron chi connectivity index (χ0n) is 14.6. The van der Waals surface area contributed by atoms with Crippen LogP contribution < -0.4 is 15.5 Å². The van der Waals surface area contributed by atoms with Crippen molar-refractivity contribution in [2.45, 2.75) is 13.0 Å². The summed E-state index contributed by atoms with van der Waals surface area (Å²) in [6.45, 7) is 0.353. The fraction of sp³-hybridized carbons (Fsp3) is 0.200. The van der Waals surface area contributed by atoms with Gasteiger partial charge in [-0.25, -0.2) is 5.01 Å². The van der Waals surface area contributed by atoms with Crippen molar-refractivity contribution in [1.29, 1.82) is 0 Å². The standard InChI is InChI=1S/C20H21N3O3/c1-26-17-9-7-15(8-10-17)13-21-19(24)14-23-20(25)12-11-18(22-23)16-5-3-2-4-6-16/h2-11,22H,12-14H2,1H3,(H,21,24). The van der Waals surface area contributed by atoms with Gasteiger partial charge in [-0.3, -0.25) is 15.0 Å². The maximum atomic E-state index is 12.2. The number of carbonyl (C=O) groups is 2. The Bertz CT molecular complexity index is 801. The van der Waals surface area contributed by atoms with Gasteiger partial charge in [-0.15, -0.1) is 0 Å². The van der Waals surface area contributed by atoms with Crippen molar-refractivity contribution in [3.63, 3.8) is 0 Å². The van der Waals surface area contributed by atoms with Crippen molar-refractivity contribution in [3.05, 3.63) is 71.8 Å². The van der Waals surface area contributed by atoms with Gasteiger partial charge in [0.05, 0.1) is 12.8 Å². The molecular formula is C20H21N3O3. The predicted molar refractivity (Wildman–Crippen MR) is 98.7 cm³/mol. The van der Waals surface area contributed by atoms with Crippen LogP contribution in [0.4, 0.5) is 0 Å². The number of hydrogen-bond acceptors (Lipinski definition) is 4. The highest BCUT2D eigenvalue weighted by molar-refractivity contribution is 5.88. The Morgan fingerprint density at radius 3 is 2.58 bits per heavy atom. The Hall–Kier alpha value is -3.28. The van der Waals surface area contributed by atoms with Gasteiger partial charge < -0.3 is 10.1 Å². The number of amides is 2. The summed E-state index contributed by atoms with van der Waals surface area (Å²) in [6.07, 6.45) is 2.10. The van der Waals surface area contributed by atoms with Crippen LogP contribution in [0.3, 0.4) is 0 Å². The molecular weight excluding hydrogens is 330 g/mol. The van der Waals surface area contributed by atoms with E-state index < -0.39 is 0 Å². The monoisotopic (exact) mass is 351 g/mol. The second kappa shape index (κ2) is 8.20. The molecule has 0 unspecified atom stereocenters. The average molecular weight is 351 g/mol. The minimum atomic E-state index is -0.226. The molecule has 2 aromatic carbocycles. The largest absolute Gasteiger partial charge is 0.497 e. The Morgan fingerprint density at radius 1 is 1.15 bits per heavy atom. The Kier molecular flexibility index (Phi) is 5.53. The molecule has 1 aliphatic rings. The summed E-state index contributed by atoms with van der Waals surface area (Å²) in [7, 11) is 1.61. The van der Waals surface area contributed by atoms with E-state index in [1.165, 1.54) is 5.01 Å². The summed E-state index contributed by atoms with van der Waals surface area (Å²) in [4.78, 5) is 24.3. The van der Waals surface area contributed by atoms with Crippen LogP contribution in [0.1, 0.15) is 17.5 Å². The molecule has 2 aromatic rings. The van der Waals surface area contributed by atoms with Crippen molar-refractivity contribution < 1.29 is 14.3 Å². The summed E-state index contributed by atoms with van der Waals surface area (Å²) in [6, 6.07) is 17.2. The summed E-state index contributed by atoms with van der Waals surface area (Å²) >= 11 is 0. The summed E-state index contributed by atoms with van der Waals surface area (Å²) < 4.78 is 5.11. The van der Waals surface area contributed by atoms with Gasteiger partial charge in [0.1, 0.15) is 12.3 Å². The van der Waals surface area contributed by atoms with Crippen LogP contribution in [0.5, 0.6) is 5.75 Å². The Balaban J connectivity index is 1.54. The van der Waals surface area contributed by atoms with Crippen molar-refractivity contribution in [1.82, 2.24) is 15.8 Å². The van der Waals surface area contributed by atoms with E-state index >= 15 is 0 Å². The van der Waals surface area contributed by atoms with E-state index in [1.807, 2.05) is 60.7 Å². The van der Waals surface area contributed by atoms with Crippen LogP contribution in [0.2, 0.25) is 0 Å². The second-order valence-electron chi connectivity index (χ2n) is 5.90. The normalized spacial score (nSPS) is 13.7. The number of rotatable bonds is 6. The fourth-order valence-corrected chi connectivity index (χ4v) is 2.62. The second-order valence-corrected chi connectivity index (χ2v) is 5.90. The first-order valence-corrected chi connectivity index (χ1v) is 8.38. The molecule has 0 radical (unpaired) electrons. The smallest absolute Gasteiger partial charge is 0.245 e. The fourth-order valence-electron chi connectivity index (χ4n) is 2.62. The predicted octanol–water partition coefficient (Wildman–Crippen LogP) is 2.09. The van der Waals surface area contributed by atoms with E-state index in [9.17, 15) is 9.59 Å². The van der Waals surface area contributed by atoms with Crippen LogP contribution in [-0.4, -0.2) is 30.5 Å². The molecule has 2 N–H and O–H groups in total. The minimum Gasteiger partial charge on any atom is -0.497 e. The highest BCUT2D eigenvalue weighted by atomic mass is 16.5. The van der Waals surface area contributed by atoms with Crippen molar-refractivity contribution in [2.24, 2.45) is 0 Å². The number of methoxy groups -OCH3 is 1. The molecule has 0 saturated heterocycles. The van der Waals surface area contributed by atoms with Crippen LogP contribution in [0.25, 0.3) is 5.70 Å². The third-order valence-electron chi connectivity index (χ3n) is 4.07. The third kappa shape index (κ3) is 4.42. The van der Waals surface area contributed by atoms with Crippen molar-refractivity contribution in [3.8, 4) is 5.75 Å². The van der Waals surface area contributed by atoms with E-state index in [2.05, 4.69) is 10.7 Å². The highest BCUT2D eigenvalue weighted by Gasteiger charge is 2.21. The molecule has 0 aliphatic carbocycles. The molecule has 0 atom stereocenters. The van der Waals surface area contributed by atoms with Crippen molar-refractivity contribution in [2.75, 3.05) is 13.7 Å². The first-order valence-electron chi connectivity index (χ1n) is 8.38. The van der Waals surface area contributed by atoms with E-state index in [-0.39, 0.29) is 24.8 Å². The summed E-state index contributed by atoms with van der Waals surface area (Å²) in [5.74, 6) is 0.406. The van der Waals surface area contributed by atoms with Gasteiger partial charge in [-0.1, -0.05) is 42.5 Å². The van der Waals surface area contributed by atoms with Gasteiger partial charge in [0.2, 0.25) is 11.8 Å². The van der Waals surface area contributed by atoms with Gasteiger partial charge in [-0.2, -0.15) is 0 Å². The number of benzene rings is 2. The summed E-state index contributed by atoms with van der Waals surface area (Å²) in [5, 5.41) is 4.18. The van der Waals surface area contributed by atoms with Gasteiger partial charge in [0, 0.05) is 13.0 Å². The van der Waals surface area contributed by atoms with E-state index in [4.69, 9.17) is 4.74 Å². The molecule has 26 heavy (non-hydrogen) atoms. The van der Waals surface area contributed by atoms with Gasteiger partial charge in [0.15, 0.2) is 0 Å². The first-order chi connectivity index (χ1) is 12.7. The van der Waals surface area contributed by atoms with Gasteiger partial charge in [-0.05, 0) is 29.3 Å². The van der Waals surface area contributed by atoms with Crippen LogP contribution in [0.15, 0.2) is 60.7 Å². The molecule has 0 aromatic heterocycles. The van der Waals surface area contributed by atoms with Crippen molar-refractivity contribution >= 4 is 17.5 Å². The SMILES string of the molecule is COc1ccc(CNC(=O)CN2NC(c3ccccc3)=CCC2=O)cc1. The lowest BCUT2D eigenvalue weighted by Gasteiger charge is -2.28. The first kappa shape index (κ1) is 17.5. The molecule has 1 aliphatic heterocycles. The lowest BCUT2D eigenvalue weighted by Crippen LogP contribution is -2.49. The zero-order chi connectivity index (χ0) is 18.4. The maximum absolute atomic E-state index is 12.2. The minimum absolute atomic E-state index is 0.0425. The molecule has 3 rings (SSSR count). The number of carbonyl (C=O) groups excluding carboxylic acids is 2. The van der Waals surface area contributed by atoms with Gasteiger partial charge in [0.25, 0.3) is 0 Å². The molecule has 2 amide bonds. The van der Waals surface area contributed by atoms with Gasteiger partial charge >= 0.3 is 0 Å². The Labute approximate surface area is 152 Å². The number of hydrazine groups is 1. The van der Waals surface area contributed by atoms with E-state index in [0.29, 0.717) is 6.54 Å². The highest BCUT2D eigenvalue weighted by Crippen LogP contribution is 2.16. The van der Waals surface area contributed by atoms with Crippen LogP contribution in [-0.2, 0) is 16.1 Å². The number of nitrogens with one attached hydrogen (secondary N) is 2. The molecule has 6 heteroatoms. The third-order valence-corrected chi connectivity index (χ3v) is 4.07. The molecule has 1 heterocycles. The number of hydrogen-bond donors (Lipinski definition) is 2. The number of ether oxygens (including phenoxy) is 1. The molecule has 0 saturated carbocycles. The average Bonchev–Trinajstić information content (AvgIpc) is 2.69. The number of nitrogens with zero attached hydrogens (tertiary/aromatic N) is 1. The molecule has 134 valence electrons. The molecule has 6 nitrogen and oxygen atoms in total. The topological polar surface area (TPSA) is 70.7 Å². The van der Waals surface area contributed by atoms with E-state index in [1.54, 1.807) is 7.11 Å².